The zero-order valence-electron chi connectivity index (χ0n) is 11.4. The van der Waals surface area contributed by atoms with Crippen molar-refractivity contribution >= 4 is 38.7 Å². The van der Waals surface area contributed by atoms with Crippen LogP contribution in [0.2, 0.25) is 4.34 Å². The number of rotatable bonds is 6. The molecule has 118 valence electrons. The number of halogens is 2. The molecule has 0 spiro atoms. The monoisotopic (exact) mass is 361 g/mol. The molecule has 1 aromatic carbocycles. The summed E-state index contributed by atoms with van der Waals surface area (Å²) in [4.78, 5) is 12.3. The lowest BCUT2D eigenvalue weighted by molar-refractivity contribution is -0.118. The Kier molecular flexibility index (Phi) is 5.55. The maximum Gasteiger partial charge on any atom is 0.235 e. The number of nitrogens with one attached hydrogen (secondary N) is 1. The molecule has 0 saturated heterocycles. The molecule has 0 aliphatic rings. The molecule has 0 unspecified atom stereocenters. The van der Waals surface area contributed by atoms with Crippen LogP contribution < -0.4 is 5.32 Å². The number of amides is 1. The third-order valence-corrected chi connectivity index (χ3v) is 5.64. The fourth-order valence-corrected chi connectivity index (χ4v) is 4.57. The first-order valence-electron chi connectivity index (χ1n) is 6.30. The van der Waals surface area contributed by atoms with Crippen LogP contribution in [0.1, 0.15) is 10.4 Å². The number of carbonyl (C=O) groups excluding carboxylic acids is 1. The molecule has 0 fully saturated rings. The standard InChI is InChI=1S/C14H13ClFNO3S2/c15-13-6-5-11(21-13)8-22(19,20)9-14(18)17-7-10-3-1-2-4-12(10)16/h1-6H,7-9H2,(H,17,18). The molecule has 0 aliphatic carbocycles. The van der Waals surface area contributed by atoms with E-state index in [4.69, 9.17) is 11.6 Å². The maximum atomic E-state index is 13.4. The quantitative estimate of drug-likeness (QED) is 0.860. The highest BCUT2D eigenvalue weighted by Gasteiger charge is 2.18. The van der Waals surface area contributed by atoms with Gasteiger partial charge in [0, 0.05) is 17.0 Å². The van der Waals surface area contributed by atoms with Gasteiger partial charge in [-0.3, -0.25) is 4.79 Å². The van der Waals surface area contributed by atoms with Gasteiger partial charge in [-0.05, 0) is 18.2 Å². The molecule has 0 saturated carbocycles. The third-order valence-electron chi connectivity index (χ3n) is 2.78. The van der Waals surface area contributed by atoms with Crippen molar-refractivity contribution in [2.24, 2.45) is 0 Å². The van der Waals surface area contributed by atoms with Crippen LogP contribution in [0.3, 0.4) is 0 Å². The van der Waals surface area contributed by atoms with Crippen LogP contribution in [0.4, 0.5) is 4.39 Å². The van der Waals surface area contributed by atoms with E-state index in [9.17, 15) is 17.6 Å². The van der Waals surface area contributed by atoms with Crippen LogP contribution >= 0.6 is 22.9 Å². The number of thiophene rings is 1. The van der Waals surface area contributed by atoms with Crippen LogP contribution in [0.5, 0.6) is 0 Å². The summed E-state index contributed by atoms with van der Waals surface area (Å²) in [6.45, 7) is -0.0497. The number of sulfone groups is 1. The highest BCUT2D eigenvalue weighted by atomic mass is 35.5. The number of hydrogen-bond acceptors (Lipinski definition) is 4. The van der Waals surface area contributed by atoms with Crippen LogP contribution in [0.15, 0.2) is 36.4 Å². The van der Waals surface area contributed by atoms with Crippen molar-refractivity contribution in [1.29, 1.82) is 0 Å². The molecule has 0 bridgehead atoms. The van der Waals surface area contributed by atoms with E-state index in [0.717, 1.165) is 11.3 Å². The minimum Gasteiger partial charge on any atom is -0.351 e. The first-order chi connectivity index (χ1) is 10.4. The zero-order chi connectivity index (χ0) is 16.2. The summed E-state index contributed by atoms with van der Waals surface area (Å²) in [5.41, 5.74) is 0.304. The van der Waals surface area contributed by atoms with Gasteiger partial charge in [0.15, 0.2) is 9.84 Å². The topological polar surface area (TPSA) is 63.2 Å². The summed E-state index contributed by atoms with van der Waals surface area (Å²) in [6.07, 6.45) is 0. The molecular formula is C14H13ClFNO3S2. The van der Waals surface area contributed by atoms with Gasteiger partial charge in [-0.25, -0.2) is 12.8 Å². The van der Waals surface area contributed by atoms with Gasteiger partial charge in [-0.15, -0.1) is 11.3 Å². The Morgan fingerprint density at radius 3 is 2.59 bits per heavy atom. The van der Waals surface area contributed by atoms with E-state index in [1.807, 2.05) is 0 Å². The normalized spacial score (nSPS) is 11.4. The van der Waals surface area contributed by atoms with Crippen LogP contribution in [0, 0.1) is 5.82 Å². The molecular weight excluding hydrogens is 349 g/mol. The first kappa shape index (κ1) is 16.9. The van der Waals surface area contributed by atoms with E-state index in [2.05, 4.69) is 5.32 Å². The summed E-state index contributed by atoms with van der Waals surface area (Å²) in [7, 11) is -3.59. The molecule has 0 radical (unpaired) electrons. The van der Waals surface area contributed by atoms with Gasteiger partial charge in [0.25, 0.3) is 0 Å². The molecule has 1 amide bonds. The van der Waals surface area contributed by atoms with E-state index in [-0.39, 0.29) is 12.3 Å². The smallest absolute Gasteiger partial charge is 0.235 e. The molecule has 0 atom stereocenters. The van der Waals surface area contributed by atoms with Gasteiger partial charge < -0.3 is 5.32 Å². The molecule has 0 aliphatic heterocycles. The minimum absolute atomic E-state index is 0.0497. The zero-order valence-corrected chi connectivity index (χ0v) is 13.8. The average Bonchev–Trinajstić information content (AvgIpc) is 2.81. The van der Waals surface area contributed by atoms with Crippen molar-refractivity contribution in [3.05, 3.63) is 57.0 Å². The number of hydrogen-bond donors (Lipinski definition) is 1. The average molecular weight is 362 g/mol. The molecule has 2 aromatic rings. The predicted octanol–water partition coefficient (Wildman–Crippen LogP) is 2.77. The second-order valence-corrected chi connectivity index (χ2v) is 8.47. The minimum atomic E-state index is -3.59. The van der Waals surface area contributed by atoms with Gasteiger partial charge in [-0.2, -0.15) is 0 Å². The van der Waals surface area contributed by atoms with E-state index < -0.39 is 27.3 Å². The first-order valence-corrected chi connectivity index (χ1v) is 9.32. The third kappa shape index (κ3) is 5.08. The molecule has 1 aromatic heterocycles. The number of carbonyl (C=O) groups is 1. The molecule has 1 heterocycles. The molecule has 8 heteroatoms. The van der Waals surface area contributed by atoms with Crippen molar-refractivity contribution in [3.63, 3.8) is 0 Å². The van der Waals surface area contributed by atoms with E-state index in [1.54, 1.807) is 18.2 Å². The van der Waals surface area contributed by atoms with Gasteiger partial charge in [0.05, 0.1) is 10.1 Å². The summed E-state index contributed by atoms with van der Waals surface area (Å²) in [5, 5.41) is 2.41. The van der Waals surface area contributed by atoms with Crippen LogP contribution in [0.25, 0.3) is 0 Å². The number of benzene rings is 1. The van der Waals surface area contributed by atoms with Crippen molar-refractivity contribution in [2.45, 2.75) is 12.3 Å². The van der Waals surface area contributed by atoms with Crippen molar-refractivity contribution < 1.29 is 17.6 Å². The highest BCUT2D eigenvalue weighted by Crippen LogP contribution is 2.23. The largest absolute Gasteiger partial charge is 0.351 e. The van der Waals surface area contributed by atoms with E-state index in [0.29, 0.717) is 14.8 Å². The van der Waals surface area contributed by atoms with Crippen molar-refractivity contribution in [2.75, 3.05) is 5.75 Å². The van der Waals surface area contributed by atoms with Gasteiger partial charge in [0.2, 0.25) is 5.91 Å². The fourth-order valence-electron chi connectivity index (χ4n) is 1.78. The molecule has 4 nitrogen and oxygen atoms in total. The Balaban J connectivity index is 1.89. The Bertz CT molecular complexity index is 774. The Morgan fingerprint density at radius 1 is 1.23 bits per heavy atom. The predicted molar refractivity (Wildman–Crippen MR) is 85.1 cm³/mol. The summed E-state index contributed by atoms with van der Waals surface area (Å²) in [5.74, 6) is -1.99. The summed E-state index contributed by atoms with van der Waals surface area (Å²) < 4.78 is 37.7. The lowest BCUT2D eigenvalue weighted by Gasteiger charge is -2.06. The van der Waals surface area contributed by atoms with Gasteiger partial charge >= 0.3 is 0 Å². The molecule has 1 N–H and O–H groups in total. The lowest BCUT2D eigenvalue weighted by Crippen LogP contribution is -2.30. The Morgan fingerprint density at radius 2 is 1.95 bits per heavy atom. The van der Waals surface area contributed by atoms with E-state index in [1.165, 1.54) is 18.2 Å². The highest BCUT2D eigenvalue weighted by molar-refractivity contribution is 7.91. The van der Waals surface area contributed by atoms with Gasteiger partial charge in [-0.1, -0.05) is 29.8 Å². The van der Waals surface area contributed by atoms with Gasteiger partial charge in [0.1, 0.15) is 11.6 Å². The maximum absolute atomic E-state index is 13.4. The Labute approximate surface area is 136 Å². The second-order valence-electron chi connectivity index (χ2n) is 4.61. The molecule has 2 rings (SSSR count). The second kappa shape index (κ2) is 7.21. The molecule has 22 heavy (non-hydrogen) atoms. The fraction of sp³-hybridized carbons (Fsp3) is 0.214. The lowest BCUT2D eigenvalue weighted by atomic mass is 10.2. The van der Waals surface area contributed by atoms with Crippen LogP contribution in [-0.2, 0) is 26.9 Å². The van der Waals surface area contributed by atoms with Crippen molar-refractivity contribution in [3.8, 4) is 0 Å². The van der Waals surface area contributed by atoms with Crippen LogP contribution in [-0.4, -0.2) is 20.1 Å². The summed E-state index contributed by atoms with van der Waals surface area (Å²) >= 11 is 6.90. The SMILES string of the molecule is O=C(CS(=O)(=O)Cc1ccc(Cl)s1)NCc1ccccc1F. The summed E-state index contributed by atoms with van der Waals surface area (Å²) in [6, 6.07) is 9.20. The van der Waals surface area contributed by atoms with Crippen molar-refractivity contribution in [1.82, 2.24) is 5.32 Å². The van der Waals surface area contributed by atoms with E-state index >= 15 is 0 Å². The Hall–Kier alpha value is -1.44.